The number of hydrogen-bond donors (Lipinski definition) is 1. The van der Waals surface area contributed by atoms with Gasteiger partial charge in [0.2, 0.25) is 0 Å². The quantitative estimate of drug-likeness (QED) is 0.530. The van der Waals surface area contributed by atoms with Crippen molar-refractivity contribution in [1.82, 2.24) is 39.7 Å². The maximum absolute atomic E-state index is 11.6. The van der Waals surface area contributed by atoms with Crippen molar-refractivity contribution in [3.05, 3.63) is 66.1 Å². The van der Waals surface area contributed by atoms with Gasteiger partial charge in [-0.1, -0.05) is 30.3 Å². The van der Waals surface area contributed by atoms with Gasteiger partial charge in [0.1, 0.15) is 30.6 Å². The minimum Gasteiger partial charge on any atom is -0.293 e. The molecule has 4 aromatic rings. The monoisotopic (exact) mass is 348 g/mol. The van der Waals surface area contributed by atoms with Gasteiger partial charge in [0.25, 0.3) is 0 Å². The van der Waals surface area contributed by atoms with Crippen molar-refractivity contribution in [1.29, 1.82) is 0 Å². The van der Waals surface area contributed by atoms with Crippen molar-refractivity contribution in [2.75, 3.05) is 0 Å². The molecule has 9 nitrogen and oxygen atoms in total. The van der Waals surface area contributed by atoms with E-state index in [1.165, 1.54) is 13.3 Å². The fourth-order valence-corrected chi connectivity index (χ4v) is 2.59. The minimum atomic E-state index is -0.0827. The van der Waals surface area contributed by atoms with E-state index in [4.69, 9.17) is 0 Å². The van der Waals surface area contributed by atoms with E-state index in [1.54, 1.807) is 21.8 Å². The summed E-state index contributed by atoms with van der Waals surface area (Å²) in [6, 6.07) is 11.7. The zero-order valence-electron chi connectivity index (χ0n) is 14.1. The average molecular weight is 348 g/mol. The molecule has 1 aromatic carbocycles. The zero-order valence-corrected chi connectivity index (χ0v) is 14.1. The van der Waals surface area contributed by atoms with Gasteiger partial charge in [-0.2, -0.15) is 15.3 Å². The summed E-state index contributed by atoms with van der Waals surface area (Å²) in [5, 5.41) is 15.6. The summed E-state index contributed by atoms with van der Waals surface area (Å²) in [6.07, 6.45) is 3.08. The molecule has 0 bridgehead atoms. The predicted molar refractivity (Wildman–Crippen MR) is 92.3 cm³/mol. The molecular formula is C17H16N8O. The first-order chi connectivity index (χ1) is 12.7. The number of carbonyl (C=O) groups excluding carboxylic acids is 1. The number of aromatic nitrogens is 8. The highest BCUT2D eigenvalue weighted by Gasteiger charge is 2.17. The van der Waals surface area contributed by atoms with Gasteiger partial charge >= 0.3 is 0 Å². The molecule has 9 heteroatoms. The van der Waals surface area contributed by atoms with E-state index >= 15 is 0 Å². The molecule has 3 heterocycles. The molecular weight excluding hydrogens is 332 g/mol. The molecule has 0 aliphatic heterocycles. The number of H-pyrrole nitrogens is 1. The molecule has 0 unspecified atom stereocenters. The maximum Gasteiger partial charge on any atom is 0.179 e. The number of hydrogen-bond acceptors (Lipinski definition) is 6. The largest absolute Gasteiger partial charge is 0.293 e. The molecule has 26 heavy (non-hydrogen) atoms. The fourth-order valence-electron chi connectivity index (χ4n) is 2.59. The summed E-state index contributed by atoms with van der Waals surface area (Å²) in [5.41, 5.74) is 2.10. The van der Waals surface area contributed by atoms with Gasteiger partial charge in [0.05, 0.1) is 6.54 Å². The van der Waals surface area contributed by atoms with Crippen LogP contribution in [0.3, 0.4) is 0 Å². The van der Waals surface area contributed by atoms with E-state index in [0.29, 0.717) is 36.1 Å². The second kappa shape index (κ2) is 6.71. The second-order valence-electron chi connectivity index (χ2n) is 5.81. The molecule has 0 saturated carbocycles. The lowest BCUT2D eigenvalue weighted by Gasteiger charge is -2.04. The minimum absolute atomic E-state index is 0.0827. The van der Waals surface area contributed by atoms with Gasteiger partial charge in [-0.3, -0.25) is 9.89 Å². The third-order valence-corrected chi connectivity index (χ3v) is 3.85. The Labute approximate surface area is 148 Å². The highest BCUT2D eigenvalue weighted by atomic mass is 16.1. The lowest BCUT2D eigenvalue weighted by molar-refractivity contribution is 0.101. The molecule has 4 rings (SSSR count). The third-order valence-electron chi connectivity index (χ3n) is 3.85. The van der Waals surface area contributed by atoms with Crippen LogP contribution in [0.25, 0.3) is 11.5 Å². The topological polar surface area (TPSA) is 107 Å². The van der Waals surface area contributed by atoms with Crippen molar-refractivity contribution in [3.63, 3.8) is 0 Å². The normalized spacial score (nSPS) is 11.0. The highest BCUT2D eigenvalue weighted by Crippen LogP contribution is 2.18. The Morgan fingerprint density at radius 3 is 2.73 bits per heavy atom. The average Bonchev–Trinajstić information content (AvgIpc) is 3.37. The molecule has 130 valence electrons. The molecule has 3 aromatic heterocycles. The first-order valence-corrected chi connectivity index (χ1v) is 8.06. The van der Waals surface area contributed by atoms with Crippen LogP contribution < -0.4 is 0 Å². The Bertz CT molecular complexity index is 1020. The van der Waals surface area contributed by atoms with Crippen LogP contribution in [0.4, 0.5) is 0 Å². The summed E-state index contributed by atoms with van der Waals surface area (Å²) in [7, 11) is 0. The van der Waals surface area contributed by atoms with Crippen molar-refractivity contribution >= 4 is 5.78 Å². The van der Waals surface area contributed by atoms with Crippen molar-refractivity contribution in [2.24, 2.45) is 0 Å². The number of Topliss-reactive ketones (excluding diaryl/α,β-unsaturated/α-hetero) is 1. The molecule has 1 N–H and O–H groups in total. The Hall–Kier alpha value is -3.62. The maximum atomic E-state index is 11.6. The summed E-state index contributed by atoms with van der Waals surface area (Å²) >= 11 is 0. The van der Waals surface area contributed by atoms with E-state index in [9.17, 15) is 4.79 Å². The Morgan fingerprint density at radius 1 is 1.19 bits per heavy atom. The second-order valence-corrected chi connectivity index (χ2v) is 5.81. The fraction of sp³-hybridized carbons (Fsp3) is 0.176. The first kappa shape index (κ1) is 15.9. The molecule has 0 spiro atoms. The summed E-state index contributed by atoms with van der Waals surface area (Å²) in [6.45, 7) is 2.43. The van der Waals surface area contributed by atoms with Gasteiger partial charge in [-0.15, -0.1) is 0 Å². The van der Waals surface area contributed by atoms with E-state index in [0.717, 1.165) is 5.56 Å². The lowest BCUT2D eigenvalue weighted by Crippen LogP contribution is -2.06. The smallest absolute Gasteiger partial charge is 0.179 e. The van der Waals surface area contributed by atoms with Crippen LogP contribution in [0, 0.1) is 0 Å². The van der Waals surface area contributed by atoms with Crippen LogP contribution >= 0.6 is 0 Å². The van der Waals surface area contributed by atoms with E-state index in [2.05, 4.69) is 30.4 Å². The van der Waals surface area contributed by atoms with Crippen molar-refractivity contribution in [2.45, 2.75) is 20.0 Å². The van der Waals surface area contributed by atoms with E-state index in [-0.39, 0.29) is 5.78 Å². The van der Waals surface area contributed by atoms with Gasteiger partial charge in [0, 0.05) is 6.92 Å². The Morgan fingerprint density at radius 2 is 2.04 bits per heavy atom. The predicted octanol–water partition coefficient (Wildman–Crippen LogP) is 1.56. The SMILES string of the molecule is CC(=O)c1cc(-c2nc(Cn3cncn3)nn2Cc2ccccc2)n[nH]1. The zero-order chi connectivity index (χ0) is 17.9. The molecule has 0 fully saturated rings. The molecule has 0 aliphatic carbocycles. The summed E-state index contributed by atoms with van der Waals surface area (Å²) < 4.78 is 3.43. The molecule has 0 atom stereocenters. The lowest BCUT2D eigenvalue weighted by atomic mass is 10.2. The van der Waals surface area contributed by atoms with Crippen molar-refractivity contribution < 1.29 is 4.79 Å². The van der Waals surface area contributed by atoms with Crippen LogP contribution in [0.1, 0.15) is 28.8 Å². The number of rotatable bonds is 6. The van der Waals surface area contributed by atoms with Gasteiger partial charge in [0.15, 0.2) is 17.4 Å². The van der Waals surface area contributed by atoms with Crippen molar-refractivity contribution in [3.8, 4) is 11.5 Å². The highest BCUT2D eigenvalue weighted by molar-refractivity contribution is 5.92. The van der Waals surface area contributed by atoms with E-state index in [1.807, 2.05) is 30.3 Å². The van der Waals surface area contributed by atoms with Gasteiger partial charge in [-0.25, -0.2) is 19.3 Å². The van der Waals surface area contributed by atoms with Crippen LogP contribution in [0.2, 0.25) is 0 Å². The first-order valence-electron chi connectivity index (χ1n) is 8.06. The van der Waals surface area contributed by atoms with Crippen LogP contribution in [0.5, 0.6) is 0 Å². The van der Waals surface area contributed by atoms with Gasteiger partial charge in [-0.05, 0) is 11.6 Å². The van der Waals surface area contributed by atoms with Crippen LogP contribution in [-0.2, 0) is 13.1 Å². The molecule has 0 radical (unpaired) electrons. The number of carbonyl (C=O) groups is 1. The number of nitrogens with zero attached hydrogens (tertiary/aromatic N) is 7. The van der Waals surface area contributed by atoms with Gasteiger partial charge < -0.3 is 0 Å². The molecule has 0 amide bonds. The number of nitrogens with one attached hydrogen (secondary N) is 1. The van der Waals surface area contributed by atoms with Crippen LogP contribution in [-0.4, -0.2) is 45.5 Å². The Balaban J connectivity index is 1.71. The third kappa shape index (κ3) is 3.27. The molecule has 0 saturated heterocycles. The number of aromatic amines is 1. The summed E-state index contributed by atoms with van der Waals surface area (Å²) in [5.74, 6) is 1.10. The van der Waals surface area contributed by atoms with Crippen LogP contribution in [0.15, 0.2) is 49.1 Å². The van der Waals surface area contributed by atoms with E-state index < -0.39 is 0 Å². The Kier molecular flexibility index (Phi) is 4.10. The summed E-state index contributed by atoms with van der Waals surface area (Å²) in [4.78, 5) is 20.1. The number of benzene rings is 1. The number of ketones is 1. The molecule has 0 aliphatic rings. The standard InChI is InChI=1S/C17H16N8O/c1-12(26)14-7-15(22-21-14)17-20-16(9-24-11-18-10-19-24)23-25(17)8-13-5-3-2-4-6-13/h2-7,10-11H,8-9H2,1H3,(H,21,22).